The summed E-state index contributed by atoms with van der Waals surface area (Å²) < 4.78 is 6.01. The lowest BCUT2D eigenvalue weighted by Crippen LogP contribution is -2.30. The molecule has 178 valence electrons. The van der Waals surface area contributed by atoms with Crippen LogP contribution in [-0.4, -0.2) is 16.8 Å². The van der Waals surface area contributed by atoms with Crippen LogP contribution in [0.2, 0.25) is 5.02 Å². The average Bonchev–Trinajstić information content (AvgIpc) is 3.15. The van der Waals surface area contributed by atoms with Crippen LogP contribution in [0.3, 0.4) is 0 Å². The van der Waals surface area contributed by atoms with E-state index in [0.29, 0.717) is 33.3 Å². The fraction of sp³-hybridized carbons (Fsp3) is 0.0667. The van der Waals surface area contributed by atoms with E-state index in [4.69, 9.17) is 16.3 Å². The molecule has 1 aliphatic heterocycles. The zero-order valence-electron chi connectivity index (χ0n) is 19.4. The predicted octanol–water partition coefficient (Wildman–Crippen LogP) is 7.07. The van der Waals surface area contributed by atoms with Crippen LogP contribution in [0.15, 0.2) is 109 Å². The molecule has 1 heterocycles. The molecule has 1 amide bonds. The van der Waals surface area contributed by atoms with Crippen molar-refractivity contribution in [3.8, 4) is 11.5 Å². The number of hydrogen-bond donors (Lipinski definition) is 1. The lowest BCUT2D eigenvalue weighted by atomic mass is 9.94. The molecule has 5 rings (SSSR count). The van der Waals surface area contributed by atoms with Gasteiger partial charge in [-0.1, -0.05) is 60.1 Å². The lowest BCUT2D eigenvalue weighted by molar-refractivity contribution is -0.132. The number of ether oxygens (including phenoxy) is 1. The topological polar surface area (TPSA) is 66.8 Å². The molecule has 0 bridgehead atoms. The van der Waals surface area contributed by atoms with Gasteiger partial charge in [0.1, 0.15) is 17.3 Å². The molecule has 1 N–H and O–H groups in total. The normalized spacial score (nSPS) is 16.8. The number of para-hydroxylation sites is 2. The van der Waals surface area contributed by atoms with Crippen molar-refractivity contribution in [2.75, 3.05) is 4.90 Å². The van der Waals surface area contributed by atoms with Gasteiger partial charge in [-0.3, -0.25) is 14.5 Å². The first-order chi connectivity index (χ1) is 17.4. The number of aliphatic hydroxyl groups excluding tert-OH is 1. The molecule has 1 fully saturated rings. The van der Waals surface area contributed by atoms with E-state index in [1.54, 1.807) is 48.5 Å². The van der Waals surface area contributed by atoms with Gasteiger partial charge in [0.2, 0.25) is 0 Å². The SMILES string of the molecule is Cc1ccccc1N1C(=O)C(=O)/C(=C(\O)c2ccc(Cl)cc2)C1c1cccc(Oc2ccccc2)c1. The average molecular weight is 496 g/mol. The van der Waals surface area contributed by atoms with Gasteiger partial charge in [-0.25, -0.2) is 0 Å². The first kappa shape index (κ1) is 23.4. The molecule has 1 saturated heterocycles. The van der Waals surface area contributed by atoms with Crippen molar-refractivity contribution in [3.63, 3.8) is 0 Å². The zero-order valence-corrected chi connectivity index (χ0v) is 20.1. The number of halogens is 1. The third-order valence-corrected chi connectivity index (χ3v) is 6.34. The lowest BCUT2D eigenvalue weighted by Gasteiger charge is -2.27. The number of Topliss-reactive ketones (excluding diaryl/α,β-unsaturated/α-hetero) is 1. The molecule has 6 heteroatoms. The molecular formula is C30H22ClNO4. The van der Waals surface area contributed by atoms with Gasteiger partial charge < -0.3 is 9.84 Å². The molecule has 0 saturated carbocycles. The van der Waals surface area contributed by atoms with Crippen LogP contribution < -0.4 is 9.64 Å². The second kappa shape index (κ2) is 9.72. The highest BCUT2D eigenvalue weighted by Crippen LogP contribution is 2.44. The number of rotatable bonds is 5. The van der Waals surface area contributed by atoms with Crippen molar-refractivity contribution >= 4 is 34.7 Å². The number of carbonyl (C=O) groups excluding carboxylic acids is 2. The zero-order chi connectivity index (χ0) is 25.2. The molecule has 0 aromatic heterocycles. The van der Waals surface area contributed by atoms with Crippen LogP contribution in [0.25, 0.3) is 5.76 Å². The second-order valence-corrected chi connectivity index (χ2v) is 8.89. The Morgan fingerprint density at radius 2 is 1.50 bits per heavy atom. The van der Waals surface area contributed by atoms with E-state index in [2.05, 4.69) is 0 Å². The van der Waals surface area contributed by atoms with E-state index in [1.807, 2.05) is 61.5 Å². The van der Waals surface area contributed by atoms with E-state index in [-0.39, 0.29) is 11.3 Å². The molecule has 1 aliphatic rings. The molecule has 1 unspecified atom stereocenters. The van der Waals surface area contributed by atoms with Crippen LogP contribution in [0.5, 0.6) is 11.5 Å². The van der Waals surface area contributed by atoms with E-state index >= 15 is 0 Å². The van der Waals surface area contributed by atoms with Gasteiger partial charge in [-0.2, -0.15) is 0 Å². The van der Waals surface area contributed by atoms with Gasteiger partial charge in [0.25, 0.3) is 11.7 Å². The van der Waals surface area contributed by atoms with Crippen molar-refractivity contribution in [2.24, 2.45) is 0 Å². The number of anilines is 1. The third-order valence-electron chi connectivity index (χ3n) is 6.09. The van der Waals surface area contributed by atoms with Gasteiger partial charge in [0, 0.05) is 16.3 Å². The Hall–Kier alpha value is -4.35. The van der Waals surface area contributed by atoms with Crippen molar-refractivity contribution in [2.45, 2.75) is 13.0 Å². The number of benzene rings is 4. The quantitative estimate of drug-likeness (QED) is 0.183. The third kappa shape index (κ3) is 4.37. The Balaban J connectivity index is 1.68. The van der Waals surface area contributed by atoms with Crippen molar-refractivity contribution in [1.29, 1.82) is 0 Å². The van der Waals surface area contributed by atoms with Gasteiger partial charge in [0.05, 0.1) is 11.6 Å². The first-order valence-corrected chi connectivity index (χ1v) is 11.8. The summed E-state index contributed by atoms with van der Waals surface area (Å²) in [5.74, 6) is -0.533. The summed E-state index contributed by atoms with van der Waals surface area (Å²) in [5.41, 5.74) is 2.44. The Labute approximate surface area is 213 Å². The van der Waals surface area contributed by atoms with Gasteiger partial charge in [-0.15, -0.1) is 0 Å². The molecular weight excluding hydrogens is 474 g/mol. The van der Waals surface area contributed by atoms with Gasteiger partial charge in [0.15, 0.2) is 0 Å². The summed E-state index contributed by atoms with van der Waals surface area (Å²) in [6.07, 6.45) is 0. The molecule has 36 heavy (non-hydrogen) atoms. The molecule has 0 radical (unpaired) electrons. The molecule has 4 aromatic rings. The molecule has 0 spiro atoms. The van der Waals surface area contributed by atoms with E-state index in [9.17, 15) is 14.7 Å². The Bertz CT molecular complexity index is 1480. The monoisotopic (exact) mass is 495 g/mol. The number of nitrogens with zero attached hydrogens (tertiary/aromatic N) is 1. The molecule has 5 nitrogen and oxygen atoms in total. The van der Waals surface area contributed by atoms with Crippen LogP contribution in [0, 0.1) is 6.92 Å². The van der Waals surface area contributed by atoms with Crippen LogP contribution in [0.4, 0.5) is 5.69 Å². The predicted molar refractivity (Wildman–Crippen MR) is 140 cm³/mol. The summed E-state index contributed by atoms with van der Waals surface area (Å²) in [7, 11) is 0. The Morgan fingerprint density at radius 1 is 0.833 bits per heavy atom. The highest BCUT2D eigenvalue weighted by Gasteiger charge is 2.47. The fourth-order valence-electron chi connectivity index (χ4n) is 4.37. The van der Waals surface area contributed by atoms with Crippen LogP contribution >= 0.6 is 11.6 Å². The highest BCUT2D eigenvalue weighted by atomic mass is 35.5. The number of aliphatic hydroxyl groups is 1. The van der Waals surface area contributed by atoms with E-state index in [1.165, 1.54) is 4.90 Å². The van der Waals surface area contributed by atoms with Gasteiger partial charge >= 0.3 is 0 Å². The Morgan fingerprint density at radius 3 is 2.22 bits per heavy atom. The highest BCUT2D eigenvalue weighted by molar-refractivity contribution is 6.51. The number of amides is 1. The van der Waals surface area contributed by atoms with Crippen molar-refractivity contribution < 1.29 is 19.4 Å². The maximum atomic E-state index is 13.4. The molecule has 1 atom stereocenters. The summed E-state index contributed by atoms with van der Waals surface area (Å²) in [6, 6.07) is 29.5. The van der Waals surface area contributed by atoms with Crippen molar-refractivity contribution in [1.82, 2.24) is 0 Å². The largest absolute Gasteiger partial charge is 0.507 e. The van der Waals surface area contributed by atoms with Crippen molar-refractivity contribution in [3.05, 3.63) is 130 Å². The standard InChI is InChI=1S/C30H22ClNO4/c1-19-8-5-6-13-25(19)32-27(21-9-7-12-24(18-21)36-23-10-3-2-4-11-23)26(29(34)30(32)35)28(33)20-14-16-22(31)17-15-20/h2-18,27,33H,1H3/b28-26-. The summed E-state index contributed by atoms with van der Waals surface area (Å²) >= 11 is 6.02. The summed E-state index contributed by atoms with van der Waals surface area (Å²) in [4.78, 5) is 28.2. The molecule has 4 aromatic carbocycles. The molecule has 0 aliphatic carbocycles. The maximum Gasteiger partial charge on any atom is 0.300 e. The minimum Gasteiger partial charge on any atom is -0.507 e. The number of carbonyl (C=O) groups is 2. The minimum absolute atomic E-state index is 0.00226. The summed E-state index contributed by atoms with van der Waals surface area (Å²) in [5, 5.41) is 11.8. The number of aryl methyl sites for hydroxylation is 1. The maximum absolute atomic E-state index is 13.4. The fourth-order valence-corrected chi connectivity index (χ4v) is 4.49. The van der Waals surface area contributed by atoms with E-state index < -0.39 is 17.7 Å². The summed E-state index contributed by atoms with van der Waals surface area (Å²) in [6.45, 7) is 1.87. The smallest absolute Gasteiger partial charge is 0.300 e. The number of ketones is 1. The number of hydrogen-bond acceptors (Lipinski definition) is 4. The Kier molecular flexibility index (Phi) is 6.32. The first-order valence-electron chi connectivity index (χ1n) is 11.4. The minimum atomic E-state index is -0.860. The van der Waals surface area contributed by atoms with Crippen LogP contribution in [0.1, 0.15) is 22.7 Å². The van der Waals surface area contributed by atoms with Gasteiger partial charge in [-0.05, 0) is 72.6 Å². The second-order valence-electron chi connectivity index (χ2n) is 8.45. The van der Waals surface area contributed by atoms with Crippen LogP contribution in [-0.2, 0) is 9.59 Å². The van der Waals surface area contributed by atoms with E-state index in [0.717, 1.165) is 5.56 Å².